The Morgan fingerprint density at radius 3 is 2.64 bits per heavy atom. The molecule has 1 atom stereocenters. The number of hydrogen-bond donors (Lipinski definition) is 1. The predicted molar refractivity (Wildman–Crippen MR) is 56.8 cm³/mol. The van der Waals surface area contributed by atoms with Gasteiger partial charge >= 0.3 is 0 Å². The Morgan fingerprint density at radius 2 is 2.27 bits per heavy atom. The molecule has 0 saturated carbocycles. The van der Waals surface area contributed by atoms with Crippen LogP contribution in [0.25, 0.3) is 0 Å². The van der Waals surface area contributed by atoms with Crippen LogP contribution in [0.1, 0.15) is 10.9 Å². The summed E-state index contributed by atoms with van der Waals surface area (Å²) in [7, 11) is 0. The lowest BCUT2D eigenvalue weighted by molar-refractivity contribution is 0.939. The molecule has 1 aromatic heterocycles. The maximum atomic E-state index is 5.73. The molecule has 1 nitrogen and oxygen atoms in total. The minimum atomic E-state index is -0.0531. The van der Waals surface area contributed by atoms with Crippen LogP contribution >= 0.6 is 43.2 Å². The van der Waals surface area contributed by atoms with Gasteiger partial charge < -0.3 is 5.73 Å². The average Bonchev–Trinajstić information content (AvgIpc) is 2.31. The van der Waals surface area contributed by atoms with Crippen molar-refractivity contribution in [3.8, 4) is 0 Å². The van der Waals surface area contributed by atoms with E-state index in [0.29, 0.717) is 0 Å². The molecule has 0 bridgehead atoms. The number of thiophene rings is 1. The van der Waals surface area contributed by atoms with Crippen LogP contribution in [0.4, 0.5) is 0 Å². The van der Waals surface area contributed by atoms with Gasteiger partial charge in [0.1, 0.15) is 0 Å². The second-order valence-electron chi connectivity index (χ2n) is 2.03. The molecule has 0 aliphatic carbocycles. The summed E-state index contributed by atoms with van der Waals surface area (Å²) in [4.78, 5) is 1.11. The predicted octanol–water partition coefficient (Wildman–Crippen LogP) is 3.46. The van der Waals surface area contributed by atoms with E-state index >= 15 is 0 Å². The molecular weight excluding hydrogens is 290 g/mol. The highest BCUT2D eigenvalue weighted by molar-refractivity contribution is 9.13. The average molecular weight is 297 g/mol. The standard InChI is InChI=1S/C7H7Br2NS/c1-2-5(10)6-3-4(8)7(9)11-6/h2-3,5H,1,10H2. The highest BCUT2D eigenvalue weighted by atomic mass is 79.9. The summed E-state index contributed by atoms with van der Waals surface area (Å²) < 4.78 is 2.12. The molecule has 4 heteroatoms. The molecule has 0 aromatic carbocycles. The van der Waals surface area contributed by atoms with E-state index in [1.165, 1.54) is 0 Å². The molecule has 1 heterocycles. The topological polar surface area (TPSA) is 26.0 Å². The van der Waals surface area contributed by atoms with Crippen molar-refractivity contribution >= 4 is 43.2 Å². The van der Waals surface area contributed by atoms with Gasteiger partial charge in [0.15, 0.2) is 0 Å². The lowest BCUT2D eigenvalue weighted by atomic mass is 10.2. The first-order valence-electron chi connectivity index (χ1n) is 2.98. The Bertz CT molecular complexity index is 250. The minimum Gasteiger partial charge on any atom is -0.320 e. The van der Waals surface area contributed by atoms with Crippen LogP contribution in [0, 0.1) is 0 Å². The van der Waals surface area contributed by atoms with Gasteiger partial charge in [-0.25, -0.2) is 0 Å². The third-order valence-corrected chi connectivity index (χ3v) is 4.60. The van der Waals surface area contributed by atoms with Crippen molar-refractivity contribution in [2.75, 3.05) is 0 Å². The molecule has 0 saturated heterocycles. The van der Waals surface area contributed by atoms with Crippen LogP contribution in [0.2, 0.25) is 0 Å². The van der Waals surface area contributed by atoms with Crippen molar-refractivity contribution in [3.63, 3.8) is 0 Å². The fraction of sp³-hybridized carbons (Fsp3) is 0.143. The SMILES string of the molecule is C=CC(N)c1cc(Br)c(Br)s1. The smallest absolute Gasteiger partial charge is 0.0843 e. The highest BCUT2D eigenvalue weighted by Crippen LogP contribution is 2.34. The lowest BCUT2D eigenvalue weighted by Gasteiger charge is -1.99. The largest absolute Gasteiger partial charge is 0.320 e. The lowest BCUT2D eigenvalue weighted by Crippen LogP contribution is -2.03. The third kappa shape index (κ3) is 2.15. The zero-order valence-corrected chi connectivity index (χ0v) is 9.67. The van der Waals surface area contributed by atoms with Crippen LogP contribution in [-0.4, -0.2) is 0 Å². The summed E-state index contributed by atoms with van der Waals surface area (Å²) in [5.41, 5.74) is 5.73. The van der Waals surface area contributed by atoms with Gasteiger partial charge in [0.05, 0.1) is 9.83 Å². The van der Waals surface area contributed by atoms with Crippen molar-refractivity contribution in [2.24, 2.45) is 5.73 Å². The fourth-order valence-corrected chi connectivity index (χ4v) is 2.73. The van der Waals surface area contributed by atoms with Crippen LogP contribution in [0.5, 0.6) is 0 Å². The van der Waals surface area contributed by atoms with Gasteiger partial charge in [-0.1, -0.05) is 6.08 Å². The molecule has 2 N–H and O–H groups in total. The normalized spacial score (nSPS) is 13.0. The van der Waals surface area contributed by atoms with E-state index in [1.54, 1.807) is 17.4 Å². The molecule has 60 valence electrons. The van der Waals surface area contributed by atoms with Gasteiger partial charge in [-0.2, -0.15) is 0 Å². The number of rotatable bonds is 2. The first-order chi connectivity index (χ1) is 5.15. The molecule has 0 aliphatic rings. The van der Waals surface area contributed by atoms with Crippen LogP contribution < -0.4 is 5.73 Å². The van der Waals surface area contributed by atoms with Crippen molar-refractivity contribution in [1.29, 1.82) is 0 Å². The summed E-state index contributed by atoms with van der Waals surface area (Å²) in [6.07, 6.45) is 1.73. The summed E-state index contributed by atoms with van der Waals surface area (Å²) in [6.45, 7) is 3.63. The number of hydrogen-bond acceptors (Lipinski definition) is 2. The highest BCUT2D eigenvalue weighted by Gasteiger charge is 2.07. The summed E-state index contributed by atoms with van der Waals surface area (Å²) >= 11 is 8.40. The van der Waals surface area contributed by atoms with Gasteiger partial charge in [0.2, 0.25) is 0 Å². The molecule has 1 rings (SSSR count). The summed E-state index contributed by atoms with van der Waals surface area (Å²) in [6, 6.07) is 1.95. The molecule has 0 aliphatic heterocycles. The first-order valence-corrected chi connectivity index (χ1v) is 5.38. The third-order valence-electron chi connectivity index (χ3n) is 1.25. The van der Waals surface area contributed by atoms with E-state index in [9.17, 15) is 0 Å². The zero-order valence-electron chi connectivity index (χ0n) is 5.68. The first kappa shape index (κ1) is 9.45. The quantitative estimate of drug-likeness (QED) is 0.831. The van der Waals surface area contributed by atoms with E-state index < -0.39 is 0 Å². The number of nitrogens with two attached hydrogens (primary N) is 1. The number of halogens is 2. The molecule has 0 spiro atoms. The van der Waals surface area contributed by atoms with E-state index in [-0.39, 0.29) is 6.04 Å². The van der Waals surface area contributed by atoms with Gasteiger partial charge in [0, 0.05) is 9.35 Å². The van der Waals surface area contributed by atoms with Crippen LogP contribution in [0.15, 0.2) is 27.0 Å². The van der Waals surface area contributed by atoms with Gasteiger partial charge in [-0.05, 0) is 37.9 Å². The molecule has 0 fully saturated rings. The Morgan fingerprint density at radius 1 is 1.64 bits per heavy atom. The second-order valence-corrected chi connectivity index (χ2v) is 5.29. The van der Waals surface area contributed by atoms with E-state index in [1.807, 2.05) is 6.07 Å². The molecule has 11 heavy (non-hydrogen) atoms. The van der Waals surface area contributed by atoms with Crippen molar-refractivity contribution < 1.29 is 0 Å². The minimum absolute atomic E-state index is 0.0531. The summed E-state index contributed by atoms with van der Waals surface area (Å²) in [5.74, 6) is 0. The van der Waals surface area contributed by atoms with Crippen LogP contribution in [-0.2, 0) is 0 Å². The maximum Gasteiger partial charge on any atom is 0.0843 e. The van der Waals surface area contributed by atoms with Gasteiger partial charge in [0.25, 0.3) is 0 Å². The van der Waals surface area contributed by atoms with E-state index in [4.69, 9.17) is 5.73 Å². The van der Waals surface area contributed by atoms with E-state index in [2.05, 4.69) is 38.4 Å². The Hall–Kier alpha value is 0.360. The Labute approximate surface area is 86.6 Å². The molecular formula is C7H7Br2NS. The maximum absolute atomic E-state index is 5.73. The van der Waals surface area contributed by atoms with E-state index in [0.717, 1.165) is 13.1 Å². The van der Waals surface area contributed by atoms with Crippen LogP contribution in [0.3, 0.4) is 0 Å². The van der Waals surface area contributed by atoms with Crippen molar-refractivity contribution in [2.45, 2.75) is 6.04 Å². The molecule has 0 amide bonds. The Kier molecular flexibility index (Phi) is 3.30. The molecule has 1 unspecified atom stereocenters. The fourth-order valence-electron chi connectivity index (χ4n) is 0.644. The zero-order chi connectivity index (χ0) is 8.43. The second kappa shape index (κ2) is 3.85. The monoisotopic (exact) mass is 295 g/mol. The summed E-state index contributed by atoms with van der Waals surface area (Å²) in [5, 5.41) is 0. The van der Waals surface area contributed by atoms with Crippen molar-refractivity contribution in [3.05, 3.63) is 31.9 Å². The molecule has 1 aromatic rings. The Balaban J connectivity index is 2.96. The van der Waals surface area contributed by atoms with Crippen molar-refractivity contribution in [1.82, 2.24) is 0 Å². The molecule has 0 radical (unpaired) electrons. The van der Waals surface area contributed by atoms with Gasteiger partial charge in [-0.3, -0.25) is 0 Å². The van der Waals surface area contributed by atoms with Gasteiger partial charge in [-0.15, -0.1) is 17.9 Å².